The van der Waals surface area contributed by atoms with Crippen LogP contribution in [0, 0.1) is 22.6 Å². The molecule has 48 heavy (non-hydrogen) atoms. The SMILES string of the molecule is CN1CC2(CC2)CC1COc1nc(N(C)C2CC(O)C2)c2cc(C(F)(F)F)c(-c3ccc(F)c4sc(N)c(C#N)c34)c(C(F)(F)F)c2n1. The zero-order valence-corrected chi connectivity index (χ0v) is 26.5. The summed E-state index contributed by atoms with van der Waals surface area (Å²) in [4.78, 5) is 12.0. The molecular weight excluding hydrogens is 665 g/mol. The van der Waals surface area contributed by atoms with Gasteiger partial charge in [0.1, 0.15) is 29.3 Å². The number of anilines is 2. The van der Waals surface area contributed by atoms with Crippen LogP contribution in [0.25, 0.3) is 32.1 Å². The fourth-order valence-corrected chi connectivity index (χ4v) is 8.12. The van der Waals surface area contributed by atoms with Gasteiger partial charge in [0.25, 0.3) is 0 Å². The molecule has 0 radical (unpaired) electrons. The fraction of sp³-hybridized carbons (Fsp3) is 0.469. The van der Waals surface area contributed by atoms with Gasteiger partial charge in [-0.3, -0.25) is 4.90 Å². The molecule has 0 amide bonds. The number of nitrogens with two attached hydrogens (primary N) is 1. The number of hydrogen-bond donors (Lipinski definition) is 2. The third kappa shape index (κ3) is 5.36. The van der Waals surface area contributed by atoms with Gasteiger partial charge in [-0.1, -0.05) is 6.07 Å². The number of nitriles is 1. The van der Waals surface area contributed by atoms with Crippen molar-refractivity contribution in [3.8, 4) is 23.2 Å². The van der Waals surface area contributed by atoms with Crippen LogP contribution in [0.2, 0.25) is 0 Å². The molecule has 1 spiro atoms. The van der Waals surface area contributed by atoms with Crippen molar-refractivity contribution >= 4 is 43.1 Å². The van der Waals surface area contributed by atoms with Crippen molar-refractivity contribution in [3.05, 3.63) is 40.7 Å². The van der Waals surface area contributed by atoms with Crippen LogP contribution in [0.5, 0.6) is 6.01 Å². The fourth-order valence-electron chi connectivity index (χ4n) is 7.17. The maximum atomic E-state index is 15.3. The summed E-state index contributed by atoms with van der Waals surface area (Å²) in [6.45, 7) is 0.894. The number of benzene rings is 2. The maximum absolute atomic E-state index is 15.3. The molecule has 1 saturated heterocycles. The first kappa shape index (κ1) is 32.6. The Morgan fingerprint density at radius 2 is 1.88 bits per heavy atom. The van der Waals surface area contributed by atoms with Gasteiger partial charge >= 0.3 is 18.4 Å². The Kier molecular flexibility index (Phi) is 7.50. The predicted octanol–water partition coefficient (Wildman–Crippen LogP) is 6.96. The first-order valence-electron chi connectivity index (χ1n) is 15.2. The molecule has 2 aliphatic carbocycles. The molecule has 4 aromatic rings. The van der Waals surface area contributed by atoms with Gasteiger partial charge in [0.15, 0.2) is 0 Å². The second-order valence-corrected chi connectivity index (χ2v) is 14.2. The van der Waals surface area contributed by atoms with E-state index >= 15 is 13.2 Å². The summed E-state index contributed by atoms with van der Waals surface area (Å²) in [6, 6.07) is 2.87. The topological polar surface area (TPSA) is 112 Å². The van der Waals surface area contributed by atoms with Gasteiger partial charge in [-0.05, 0) is 62.3 Å². The average molecular weight is 695 g/mol. The van der Waals surface area contributed by atoms with E-state index in [0.717, 1.165) is 37.9 Å². The first-order chi connectivity index (χ1) is 22.5. The molecule has 7 rings (SSSR count). The molecule has 1 aliphatic heterocycles. The molecule has 3 fully saturated rings. The highest BCUT2D eigenvalue weighted by molar-refractivity contribution is 7.23. The molecule has 3 aliphatic rings. The summed E-state index contributed by atoms with van der Waals surface area (Å²) >= 11 is 0.554. The van der Waals surface area contributed by atoms with Crippen molar-refractivity contribution < 1.29 is 40.6 Å². The van der Waals surface area contributed by atoms with Gasteiger partial charge < -0.3 is 20.5 Å². The van der Waals surface area contributed by atoms with E-state index in [9.17, 15) is 27.9 Å². The number of aliphatic hydroxyl groups excluding tert-OH is 1. The summed E-state index contributed by atoms with van der Waals surface area (Å²) in [5.74, 6) is -1.18. The lowest BCUT2D eigenvalue weighted by Gasteiger charge is -2.39. The normalized spacial score (nSPS) is 22.3. The van der Waals surface area contributed by atoms with E-state index in [4.69, 9.17) is 10.5 Å². The molecule has 16 heteroatoms. The molecule has 0 bridgehead atoms. The van der Waals surface area contributed by atoms with Crippen molar-refractivity contribution in [1.29, 1.82) is 5.26 Å². The molecule has 2 aromatic carbocycles. The Labute approximate surface area is 273 Å². The van der Waals surface area contributed by atoms with Gasteiger partial charge in [0.2, 0.25) is 0 Å². The predicted molar refractivity (Wildman–Crippen MR) is 165 cm³/mol. The standard InChI is InChI=1S/C32H29F7N6O2S/c1-44-13-30(5-6-30)10-15(44)12-47-29-42-25-18(28(43-29)45(2)14-7-16(46)8-14)9-20(31(34,35)36)23(24(25)32(37,38)39)17-3-4-21(33)26-22(17)19(11-40)27(41)48-26/h3-4,9,14-16,46H,5-8,10,12-13,41H2,1-2H3. The third-order valence-corrected chi connectivity index (χ3v) is 11.0. The van der Waals surface area contributed by atoms with E-state index in [1.165, 1.54) is 11.9 Å². The monoisotopic (exact) mass is 694 g/mol. The zero-order valence-electron chi connectivity index (χ0n) is 25.6. The summed E-state index contributed by atoms with van der Waals surface area (Å²) in [7, 11) is 3.40. The number of fused-ring (bicyclic) bond motifs is 2. The van der Waals surface area contributed by atoms with Crippen LogP contribution in [0.4, 0.5) is 41.6 Å². The van der Waals surface area contributed by atoms with E-state index in [1.54, 1.807) is 6.07 Å². The molecule has 2 saturated carbocycles. The van der Waals surface area contributed by atoms with E-state index in [2.05, 4.69) is 14.9 Å². The smallest absolute Gasteiger partial charge is 0.419 e. The Hall–Kier alpha value is -3.94. The van der Waals surface area contributed by atoms with Crippen LogP contribution >= 0.6 is 11.3 Å². The summed E-state index contributed by atoms with van der Waals surface area (Å²) in [5, 5.41) is 18.5. The van der Waals surface area contributed by atoms with Crippen molar-refractivity contribution in [1.82, 2.24) is 14.9 Å². The number of ether oxygens (including phenoxy) is 1. The number of nitrogen functional groups attached to an aromatic ring is 1. The number of likely N-dealkylation sites (tertiary alicyclic amines) is 1. The minimum absolute atomic E-state index is 0.0438. The Balaban J connectivity index is 1.51. The lowest BCUT2D eigenvalue weighted by atomic mass is 9.87. The van der Waals surface area contributed by atoms with Gasteiger partial charge in [-0.25, -0.2) is 4.39 Å². The third-order valence-electron chi connectivity index (χ3n) is 9.95. The van der Waals surface area contributed by atoms with Crippen molar-refractivity contribution in [2.45, 2.75) is 62.6 Å². The number of hydrogen-bond acceptors (Lipinski definition) is 9. The highest BCUT2D eigenvalue weighted by atomic mass is 32.1. The minimum atomic E-state index is -5.43. The van der Waals surface area contributed by atoms with E-state index in [-0.39, 0.29) is 46.4 Å². The lowest BCUT2D eigenvalue weighted by molar-refractivity contribution is -0.141. The maximum Gasteiger partial charge on any atom is 0.419 e. The summed E-state index contributed by atoms with van der Waals surface area (Å²) in [6.07, 6.45) is -8.03. The number of thiophene rings is 1. The lowest BCUT2D eigenvalue weighted by Crippen LogP contribution is -2.45. The molecule has 8 nitrogen and oxygen atoms in total. The molecule has 1 atom stereocenters. The molecular formula is C32H29F7N6O2S. The molecule has 3 N–H and O–H groups in total. The number of rotatable bonds is 6. The molecule has 1 unspecified atom stereocenters. The number of aromatic nitrogens is 2. The van der Waals surface area contributed by atoms with E-state index in [1.807, 2.05) is 7.05 Å². The zero-order chi connectivity index (χ0) is 34.5. The first-order valence-corrected chi connectivity index (χ1v) is 16.0. The van der Waals surface area contributed by atoms with Crippen molar-refractivity contribution in [2.24, 2.45) is 5.41 Å². The minimum Gasteiger partial charge on any atom is -0.462 e. The Morgan fingerprint density at radius 3 is 2.46 bits per heavy atom. The van der Waals surface area contributed by atoms with Crippen molar-refractivity contribution in [2.75, 3.05) is 37.9 Å². The average Bonchev–Trinajstić information content (AvgIpc) is 3.54. The van der Waals surface area contributed by atoms with E-state index < -0.39 is 80.4 Å². The second-order valence-electron chi connectivity index (χ2n) is 13.1. The van der Waals surface area contributed by atoms with E-state index in [0.29, 0.717) is 17.4 Å². The number of likely N-dealkylation sites (N-methyl/N-ethyl adjacent to an activating group) is 1. The van der Waals surface area contributed by atoms with Crippen LogP contribution in [-0.2, 0) is 12.4 Å². The van der Waals surface area contributed by atoms with Crippen molar-refractivity contribution in [3.63, 3.8) is 0 Å². The van der Waals surface area contributed by atoms with Crippen LogP contribution < -0.4 is 15.4 Å². The van der Waals surface area contributed by atoms with Gasteiger partial charge in [0, 0.05) is 42.0 Å². The quantitative estimate of drug-likeness (QED) is 0.209. The highest BCUT2D eigenvalue weighted by Crippen LogP contribution is 2.55. The number of alkyl halides is 6. The van der Waals surface area contributed by atoms with Crippen LogP contribution in [0.15, 0.2) is 18.2 Å². The van der Waals surface area contributed by atoms with Gasteiger partial charge in [0.05, 0.1) is 33.0 Å². The number of halogens is 7. The summed E-state index contributed by atoms with van der Waals surface area (Å²) < 4.78 is 111. The van der Waals surface area contributed by atoms with Crippen LogP contribution in [0.1, 0.15) is 48.8 Å². The number of aliphatic hydroxyl groups is 1. The molecule has 2 aromatic heterocycles. The van der Waals surface area contributed by atoms with Gasteiger partial charge in [-0.2, -0.15) is 41.6 Å². The largest absolute Gasteiger partial charge is 0.462 e. The Bertz CT molecular complexity index is 2000. The molecule has 254 valence electrons. The summed E-state index contributed by atoms with van der Waals surface area (Å²) in [5.41, 5.74) is -0.599. The number of nitrogens with zero attached hydrogens (tertiary/aromatic N) is 5. The van der Waals surface area contributed by atoms with Crippen LogP contribution in [0.3, 0.4) is 0 Å². The van der Waals surface area contributed by atoms with Crippen LogP contribution in [-0.4, -0.2) is 65.4 Å². The van der Waals surface area contributed by atoms with Gasteiger partial charge in [-0.15, -0.1) is 11.3 Å². The molecule has 3 heterocycles. The highest BCUT2D eigenvalue weighted by Gasteiger charge is 2.51. The second kappa shape index (κ2) is 11.0. The Morgan fingerprint density at radius 1 is 1.17 bits per heavy atom.